The Balaban J connectivity index is 1.22. The summed E-state index contributed by atoms with van der Waals surface area (Å²) in [5.41, 5.74) is 2.22. The first-order valence-electron chi connectivity index (χ1n) is 9.42. The smallest absolute Gasteiger partial charge is 0.313 e. The van der Waals surface area contributed by atoms with Gasteiger partial charge in [0.2, 0.25) is 0 Å². The summed E-state index contributed by atoms with van der Waals surface area (Å²) in [4.78, 5) is 24.8. The highest BCUT2D eigenvalue weighted by molar-refractivity contribution is 6.39. The molecule has 5 rings (SSSR count). The van der Waals surface area contributed by atoms with E-state index in [1.54, 1.807) is 18.2 Å². The molecule has 7 heteroatoms. The largest absolute Gasteiger partial charge is 0.377 e. The average Bonchev–Trinajstić information content (AvgIpc) is 3.29. The van der Waals surface area contributed by atoms with Crippen molar-refractivity contribution in [1.82, 2.24) is 10.5 Å². The van der Waals surface area contributed by atoms with Crippen molar-refractivity contribution in [3.63, 3.8) is 0 Å². The van der Waals surface area contributed by atoms with Gasteiger partial charge in [-0.15, -0.1) is 0 Å². The lowest BCUT2D eigenvalue weighted by atomic mass is 9.46. The molecular formula is C20H21N3O4. The number of hydrogen-bond donors (Lipinski definition) is 2. The molecule has 1 saturated heterocycles. The van der Waals surface area contributed by atoms with Crippen LogP contribution in [0.15, 0.2) is 41.1 Å². The van der Waals surface area contributed by atoms with Crippen LogP contribution in [0, 0.1) is 11.3 Å². The maximum Gasteiger partial charge on any atom is 0.313 e. The Morgan fingerprint density at radius 3 is 2.59 bits per heavy atom. The summed E-state index contributed by atoms with van der Waals surface area (Å²) in [6, 6.07) is 8.95. The van der Waals surface area contributed by atoms with Gasteiger partial charge in [0.05, 0.1) is 6.10 Å². The first-order chi connectivity index (χ1) is 13.2. The predicted octanol–water partition coefficient (Wildman–Crippen LogP) is 2.35. The van der Waals surface area contributed by atoms with Crippen LogP contribution in [0.25, 0.3) is 11.3 Å². The van der Waals surface area contributed by atoms with Crippen LogP contribution in [-0.2, 0) is 14.3 Å². The SMILES string of the molecule is O=C(Nc1ccc(-c2ccon2)cc1)C(=O)NC1C2CCOC2C12CCC2. The van der Waals surface area contributed by atoms with Crippen molar-refractivity contribution in [2.24, 2.45) is 11.3 Å². The Kier molecular flexibility index (Phi) is 3.79. The van der Waals surface area contributed by atoms with E-state index in [2.05, 4.69) is 15.8 Å². The molecule has 2 N–H and O–H groups in total. The van der Waals surface area contributed by atoms with Crippen LogP contribution in [-0.4, -0.2) is 35.7 Å². The Labute approximate surface area is 156 Å². The number of anilines is 1. The summed E-state index contributed by atoms with van der Waals surface area (Å²) < 4.78 is 10.7. The highest BCUT2D eigenvalue weighted by atomic mass is 16.5. The Morgan fingerprint density at radius 2 is 1.93 bits per heavy atom. The minimum absolute atomic E-state index is 0.0616. The summed E-state index contributed by atoms with van der Waals surface area (Å²) in [5, 5.41) is 9.52. The fourth-order valence-corrected chi connectivity index (χ4v) is 4.94. The topological polar surface area (TPSA) is 93.5 Å². The molecule has 1 spiro atoms. The third kappa shape index (κ3) is 2.56. The maximum atomic E-state index is 12.4. The number of hydrogen-bond acceptors (Lipinski definition) is 5. The van der Waals surface area contributed by atoms with Gasteiger partial charge in [0.1, 0.15) is 12.0 Å². The van der Waals surface area contributed by atoms with Gasteiger partial charge in [0, 0.05) is 41.3 Å². The van der Waals surface area contributed by atoms with Gasteiger partial charge in [-0.2, -0.15) is 0 Å². The number of fused-ring (bicyclic) bond motifs is 2. The van der Waals surface area contributed by atoms with E-state index < -0.39 is 11.8 Å². The highest BCUT2D eigenvalue weighted by Crippen LogP contribution is 2.62. The summed E-state index contributed by atoms with van der Waals surface area (Å²) in [5.74, 6) is -0.859. The minimum atomic E-state index is -0.638. The molecule has 27 heavy (non-hydrogen) atoms. The van der Waals surface area contributed by atoms with Gasteiger partial charge in [0.25, 0.3) is 0 Å². The highest BCUT2D eigenvalue weighted by Gasteiger charge is 2.67. The number of nitrogens with one attached hydrogen (secondary N) is 2. The predicted molar refractivity (Wildman–Crippen MR) is 96.6 cm³/mol. The van der Waals surface area contributed by atoms with Crippen molar-refractivity contribution < 1.29 is 18.8 Å². The number of carbonyl (C=O) groups excluding carboxylic acids is 2. The number of ether oxygens (including phenoxy) is 1. The molecule has 3 unspecified atom stereocenters. The van der Waals surface area contributed by atoms with Gasteiger partial charge in [-0.3, -0.25) is 9.59 Å². The zero-order valence-corrected chi connectivity index (χ0v) is 14.8. The van der Waals surface area contributed by atoms with E-state index in [9.17, 15) is 9.59 Å². The first kappa shape index (κ1) is 16.5. The van der Waals surface area contributed by atoms with E-state index in [0.29, 0.717) is 11.6 Å². The lowest BCUT2D eigenvalue weighted by molar-refractivity contribution is -0.179. The van der Waals surface area contributed by atoms with Crippen LogP contribution >= 0.6 is 0 Å². The molecule has 0 bridgehead atoms. The summed E-state index contributed by atoms with van der Waals surface area (Å²) in [6.07, 6.45) is 6.05. The van der Waals surface area contributed by atoms with E-state index in [1.165, 1.54) is 12.7 Å². The van der Waals surface area contributed by atoms with Crippen LogP contribution in [0.5, 0.6) is 0 Å². The second kappa shape index (κ2) is 6.20. The molecule has 3 atom stereocenters. The zero-order chi connectivity index (χ0) is 18.4. The lowest BCUT2D eigenvalue weighted by Gasteiger charge is -2.63. The van der Waals surface area contributed by atoms with Gasteiger partial charge in [-0.1, -0.05) is 23.7 Å². The molecule has 2 aromatic rings. The molecule has 2 amide bonds. The van der Waals surface area contributed by atoms with E-state index in [1.807, 2.05) is 12.1 Å². The average molecular weight is 367 g/mol. The molecule has 2 aliphatic carbocycles. The van der Waals surface area contributed by atoms with Crippen molar-refractivity contribution in [2.45, 2.75) is 37.8 Å². The normalized spacial score (nSPS) is 27.3. The zero-order valence-electron chi connectivity index (χ0n) is 14.8. The van der Waals surface area contributed by atoms with Gasteiger partial charge in [-0.05, 0) is 31.4 Å². The van der Waals surface area contributed by atoms with E-state index in [4.69, 9.17) is 9.26 Å². The minimum Gasteiger partial charge on any atom is -0.377 e. The van der Waals surface area contributed by atoms with E-state index in [0.717, 1.165) is 37.1 Å². The maximum absolute atomic E-state index is 12.4. The Hall–Kier alpha value is -2.67. The standard InChI is InChI=1S/C20H21N3O4/c24-18(21-13-4-2-12(3-5-13)15-7-11-27-23-15)19(25)22-16-14-6-10-26-17(14)20(16)8-1-9-20/h2-5,7,11,14,16-17H,1,6,8-10H2,(H,21,24)(H,22,25). The molecule has 2 saturated carbocycles. The lowest BCUT2D eigenvalue weighted by Crippen LogP contribution is -2.72. The van der Waals surface area contributed by atoms with Gasteiger partial charge in [0.15, 0.2) is 0 Å². The first-order valence-corrected chi connectivity index (χ1v) is 9.42. The Bertz CT molecular complexity index is 858. The number of benzene rings is 1. The summed E-state index contributed by atoms with van der Waals surface area (Å²) in [6.45, 7) is 0.757. The summed E-state index contributed by atoms with van der Waals surface area (Å²) in [7, 11) is 0. The number of carbonyl (C=O) groups is 2. The molecule has 1 aromatic carbocycles. The monoisotopic (exact) mass is 367 g/mol. The number of aromatic nitrogens is 1. The van der Waals surface area contributed by atoms with Crippen molar-refractivity contribution in [1.29, 1.82) is 0 Å². The fraction of sp³-hybridized carbons (Fsp3) is 0.450. The van der Waals surface area contributed by atoms with Crippen LogP contribution in [0.1, 0.15) is 25.7 Å². The van der Waals surface area contributed by atoms with Crippen LogP contribution < -0.4 is 10.6 Å². The quantitative estimate of drug-likeness (QED) is 0.813. The molecule has 140 valence electrons. The fourth-order valence-electron chi connectivity index (χ4n) is 4.94. The third-order valence-corrected chi connectivity index (χ3v) is 6.41. The van der Waals surface area contributed by atoms with Gasteiger partial charge in [-0.25, -0.2) is 0 Å². The molecule has 3 fully saturated rings. The molecule has 3 aliphatic rings. The van der Waals surface area contributed by atoms with E-state index >= 15 is 0 Å². The second-order valence-electron chi connectivity index (χ2n) is 7.70. The van der Waals surface area contributed by atoms with Gasteiger partial charge < -0.3 is 19.9 Å². The molecular weight excluding hydrogens is 346 g/mol. The van der Waals surface area contributed by atoms with Crippen LogP contribution in [0.4, 0.5) is 5.69 Å². The molecule has 7 nitrogen and oxygen atoms in total. The summed E-state index contributed by atoms with van der Waals surface area (Å²) >= 11 is 0. The number of rotatable bonds is 3. The number of amides is 2. The molecule has 1 aromatic heterocycles. The van der Waals surface area contributed by atoms with Crippen molar-refractivity contribution >= 4 is 17.5 Å². The second-order valence-corrected chi connectivity index (χ2v) is 7.70. The van der Waals surface area contributed by atoms with Crippen LogP contribution in [0.3, 0.4) is 0 Å². The molecule has 0 radical (unpaired) electrons. The molecule has 2 heterocycles. The van der Waals surface area contributed by atoms with Crippen molar-refractivity contribution in [2.75, 3.05) is 11.9 Å². The molecule has 1 aliphatic heterocycles. The van der Waals surface area contributed by atoms with Crippen molar-refractivity contribution in [3.05, 3.63) is 36.6 Å². The van der Waals surface area contributed by atoms with Crippen LogP contribution in [0.2, 0.25) is 0 Å². The Morgan fingerprint density at radius 1 is 1.11 bits per heavy atom. The number of nitrogens with zero attached hydrogens (tertiary/aromatic N) is 1. The van der Waals surface area contributed by atoms with Crippen molar-refractivity contribution in [3.8, 4) is 11.3 Å². The van der Waals surface area contributed by atoms with E-state index in [-0.39, 0.29) is 17.6 Å². The van der Waals surface area contributed by atoms with Gasteiger partial charge >= 0.3 is 11.8 Å². The third-order valence-electron chi connectivity index (χ3n) is 6.41.